The topological polar surface area (TPSA) is 67.2 Å². The second-order valence-corrected chi connectivity index (χ2v) is 7.65. The molecule has 0 amide bonds. The van der Waals surface area contributed by atoms with Crippen LogP contribution in [0.4, 0.5) is 0 Å². The number of rotatable bonds is 2. The van der Waals surface area contributed by atoms with Gasteiger partial charge in [0.1, 0.15) is 5.82 Å². The van der Waals surface area contributed by atoms with E-state index in [9.17, 15) is 8.42 Å². The van der Waals surface area contributed by atoms with E-state index in [0.29, 0.717) is 30.0 Å². The first-order chi connectivity index (χ1) is 9.16. The summed E-state index contributed by atoms with van der Waals surface area (Å²) in [6.07, 6.45) is 3.43. The summed E-state index contributed by atoms with van der Waals surface area (Å²) in [7, 11) is -3.36. The molecule has 0 aliphatic carbocycles. The fourth-order valence-corrected chi connectivity index (χ4v) is 5.28. The van der Waals surface area contributed by atoms with Crippen LogP contribution in [-0.2, 0) is 23.0 Å². The van der Waals surface area contributed by atoms with Crippen LogP contribution in [0.15, 0.2) is 11.2 Å². The molecule has 4 heterocycles. The SMILES string of the molecule is O=S(=O)(c1cnc2n1CCC2)N1C[C@H]2CNC[C@H]2C1. The van der Waals surface area contributed by atoms with E-state index in [-0.39, 0.29) is 0 Å². The lowest BCUT2D eigenvalue weighted by molar-refractivity contribution is 0.441. The van der Waals surface area contributed by atoms with Crippen LogP contribution in [0.25, 0.3) is 0 Å². The monoisotopic (exact) mass is 282 g/mol. The summed E-state index contributed by atoms with van der Waals surface area (Å²) < 4.78 is 29.0. The molecule has 0 aromatic carbocycles. The molecular formula is C12H18N4O2S. The van der Waals surface area contributed by atoms with E-state index in [0.717, 1.165) is 38.3 Å². The van der Waals surface area contributed by atoms with E-state index in [1.807, 2.05) is 4.57 Å². The fraction of sp³-hybridized carbons (Fsp3) is 0.750. The number of hydrogen-bond donors (Lipinski definition) is 1. The molecule has 7 heteroatoms. The Morgan fingerprint density at radius 3 is 2.74 bits per heavy atom. The Bertz CT molecular complexity index is 597. The maximum atomic E-state index is 12.7. The Morgan fingerprint density at radius 1 is 1.26 bits per heavy atom. The van der Waals surface area contributed by atoms with E-state index in [1.54, 1.807) is 4.31 Å². The van der Waals surface area contributed by atoms with Crippen LogP contribution in [0.1, 0.15) is 12.2 Å². The van der Waals surface area contributed by atoms with Gasteiger partial charge in [0.05, 0.1) is 6.20 Å². The van der Waals surface area contributed by atoms with Crippen LogP contribution < -0.4 is 5.32 Å². The molecule has 19 heavy (non-hydrogen) atoms. The third-order valence-corrected chi connectivity index (χ3v) is 6.48. The zero-order valence-corrected chi connectivity index (χ0v) is 11.6. The number of hydrogen-bond acceptors (Lipinski definition) is 4. The minimum Gasteiger partial charge on any atom is -0.318 e. The summed E-state index contributed by atoms with van der Waals surface area (Å²) in [5, 5.41) is 3.73. The standard InChI is InChI=1S/C12H18N4O2S/c17-19(18,12-6-14-11-2-1-3-16(11)12)15-7-9-4-13-5-10(9)8-15/h6,9-10,13H,1-5,7-8H2/t9-,10+. The van der Waals surface area contributed by atoms with Gasteiger partial charge in [0.15, 0.2) is 5.03 Å². The average molecular weight is 282 g/mol. The first kappa shape index (κ1) is 11.9. The quantitative estimate of drug-likeness (QED) is 0.806. The van der Waals surface area contributed by atoms with Crippen LogP contribution in [0.2, 0.25) is 0 Å². The van der Waals surface area contributed by atoms with Crippen molar-refractivity contribution in [2.45, 2.75) is 24.4 Å². The molecule has 0 spiro atoms. The third-order valence-electron chi connectivity index (χ3n) is 4.64. The van der Waals surface area contributed by atoms with Crippen LogP contribution in [0.3, 0.4) is 0 Å². The highest BCUT2D eigenvalue weighted by Crippen LogP contribution is 2.31. The van der Waals surface area contributed by atoms with E-state index in [2.05, 4.69) is 10.3 Å². The molecule has 6 nitrogen and oxygen atoms in total. The fourth-order valence-electron chi connectivity index (χ4n) is 3.58. The molecule has 0 saturated carbocycles. The molecular weight excluding hydrogens is 264 g/mol. The highest BCUT2D eigenvalue weighted by atomic mass is 32.2. The second kappa shape index (κ2) is 4.04. The number of aromatic nitrogens is 2. The van der Waals surface area contributed by atoms with E-state index in [4.69, 9.17) is 0 Å². The second-order valence-electron chi connectivity index (χ2n) is 5.77. The van der Waals surface area contributed by atoms with Gasteiger partial charge in [0, 0.05) is 26.1 Å². The van der Waals surface area contributed by atoms with Crippen molar-refractivity contribution in [1.82, 2.24) is 19.2 Å². The lowest BCUT2D eigenvalue weighted by Gasteiger charge is -2.17. The Labute approximate surface area is 112 Å². The van der Waals surface area contributed by atoms with Gasteiger partial charge in [-0.25, -0.2) is 13.4 Å². The zero-order valence-electron chi connectivity index (χ0n) is 10.7. The third kappa shape index (κ3) is 1.68. The molecule has 1 N–H and O–H groups in total. The summed E-state index contributed by atoms with van der Waals surface area (Å²) in [5.41, 5.74) is 0. The van der Waals surface area contributed by atoms with Gasteiger partial charge in [-0.3, -0.25) is 0 Å². The van der Waals surface area contributed by atoms with Gasteiger partial charge in [0.2, 0.25) is 0 Å². The van der Waals surface area contributed by atoms with Crippen LogP contribution in [0.5, 0.6) is 0 Å². The van der Waals surface area contributed by atoms with Crippen molar-refractivity contribution in [3.63, 3.8) is 0 Å². The molecule has 2 atom stereocenters. The van der Waals surface area contributed by atoms with Crippen molar-refractivity contribution >= 4 is 10.0 Å². The van der Waals surface area contributed by atoms with E-state index >= 15 is 0 Å². The number of nitrogens with zero attached hydrogens (tertiary/aromatic N) is 3. The Hall–Kier alpha value is -0.920. The average Bonchev–Trinajstić information content (AvgIpc) is 3.08. The summed E-state index contributed by atoms with van der Waals surface area (Å²) >= 11 is 0. The normalized spacial score (nSPS) is 30.7. The molecule has 0 unspecified atom stereocenters. The summed E-state index contributed by atoms with van der Waals surface area (Å²) in [6, 6.07) is 0. The lowest BCUT2D eigenvalue weighted by Crippen LogP contribution is -2.33. The minimum absolute atomic E-state index is 0.396. The molecule has 0 radical (unpaired) electrons. The minimum atomic E-state index is -3.36. The summed E-state index contributed by atoms with van der Waals surface area (Å²) in [5.74, 6) is 1.88. The summed E-state index contributed by atoms with van der Waals surface area (Å²) in [4.78, 5) is 4.25. The van der Waals surface area contributed by atoms with E-state index < -0.39 is 10.0 Å². The summed E-state index contributed by atoms with van der Waals surface area (Å²) in [6.45, 7) is 3.98. The number of aryl methyl sites for hydroxylation is 1. The molecule has 2 saturated heterocycles. The molecule has 1 aromatic heterocycles. The van der Waals surface area contributed by atoms with Crippen molar-refractivity contribution in [2.75, 3.05) is 26.2 Å². The lowest BCUT2D eigenvalue weighted by atomic mass is 10.0. The number of fused-ring (bicyclic) bond motifs is 2. The van der Waals surface area contributed by atoms with Gasteiger partial charge in [-0.1, -0.05) is 0 Å². The van der Waals surface area contributed by atoms with Gasteiger partial charge in [-0.2, -0.15) is 4.31 Å². The number of imidazole rings is 1. The molecule has 3 aliphatic rings. The van der Waals surface area contributed by atoms with Gasteiger partial charge >= 0.3 is 0 Å². The van der Waals surface area contributed by atoms with Gasteiger partial charge in [0.25, 0.3) is 10.0 Å². The van der Waals surface area contributed by atoms with Gasteiger partial charge < -0.3 is 9.88 Å². The van der Waals surface area contributed by atoms with Crippen molar-refractivity contribution in [1.29, 1.82) is 0 Å². The maximum Gasteiger partial charge on any atom is 0.260 e. The molecule has 2 fully saturated rings. The van der Waals surface area contributed by atoms with Crippen LogP contribution in [-0.4, -0.2) is 48.5 Å². The molecule has 104 valence electrons. The van der Waals surface area contributed by atoms with Crippen molar-refractivity contribution in [3.8, 4) is 0 Å². The molecule has 4 rings (SSSR count). The Balaban J connectivity index is 1.66. The smallest absolute Gasteiger partial charge is 0.260 e. The predicted octanol–water partition coefficient (Wildman–Crippen LogP) is -0.331. The van der Waals surface area contributed by atoms with Crippen molar-refractivity contribution in [3.05, 3.63) is 12.0 Å². The van der Waals surface area contributed by atoms with Crippen LogP contribution >= 0.6 is 0 Å². The Kier molecular flexibility index (Phi) is 2.52. The largest absolute Gasteiger partial charge is 0.318 e. The predicted molar refractivity (Wildman–Crippen MR) is 69.2 cm³/mol. The number of nitrogens with one attached hydrogen (secondary N) is 1. The zero-order chi connectivity index (χ0) is 13.0. The van der Waals surface area contributed by atoms with Gasteiger partial charge in [-0.05, 0) is 31.3 Å². The van der Waals surface area contributed by atoms with Crippen molar-refractivity contribution in [2.24, 2.45) is 11.8 Å². The number of sulfonamides is 1. The van der Waals surface area contributed by atoms with Crippen LogP contribution in [0, 0.1) is 11.8 Å². The highest BCUT2D eigenvalue weighted by Gasteiger charge is 2.42. The maximum absolute atomic E-state index is 12.7. The Morgan fingerprint density at radius 2 is 2.00 bits per heavy atom. The first-order valence-corrected chi connectivity index (χ1v) is 8.35. The van der Waals surface area contributed by atoms with Gasteiger partial charge in [-0.15, -0.1) is 0 Å². The molecule has 1 aromatic rings. The van der Waals surface area contributed by atoms with E-state index in [1.165, 1.54) is 6.20 Å². The van der Waals surface area contributed by atoms with Crippen molar-refractivity contribution < 1.29 is 8.42 Å². The first-order valence-electron chi connectivity index (χ1n) is 6.91. The highest BCUT2D eigenvalue weighted by molar-refractivity contribution is 7.89. The molecule has 0 bridgehead atoms. The molecule has 3 aliphatic heterocycles.